The summed E-state index contributed by atoms with van der Waals surface area (Å²) >= 11 is 0. The van der Waals surface area contributed by atoms with Gasteiger partial charge in [-0.05, 0) is 44.4 Å². The molecule has 33 heavy (non-hydrogen) atoms. The van der Waals surface area contributed by atoms with Gasteiger partial charge in [-0.25, -0.2) is 15.0 Å². The second-order valence-electron chi connectivity index (χ2n) is 8.74. The van der Waals surface area contributed by atoms with Gasteiger partial charge in [0.1, 0.15) is 18.2 Å². The van der Waals surface area contributed by atoms with E-state index in [0.29, 0.717) is 44.1 Å². The number of nitrogens with zero attached hydrogens (tertiary/aromatic N) is 6. The number of carbonyl (C=O) groups excluding carboxylic acids is 1. The fraction of sp³-hybridized carbons (Fsp3) is 0.480. The smallest absolute Gasteiger partial charge is 0.225 e. The predicted molar refractivity (Wildman–Crippen MR) is 127 cm³/mol. The van der Waals surface area contributed by atoms with Crippen molar-refractivity contribution in [3.8, 4) is 17.3 Å². The molecule has 4 rings (SSSR count). The highest BCUT2D eigenvalue weighted by molar-refractivity contribution is 5.78. The van der Waals surface area contributed by atoms with Gasteiger partial charge in [-0.3, -0.25) is 4.79 Å². The zero-order valence-electron chi connectivity index (χ0n) is 19.5. The van der Waals surface area contributed by atoms with Crippen LogP contribution in [-0.2, 0) is 9.53 Å². The van der Waals surface area contributed by atoms with Crippen molar-refractivity contribution in [1.82, 2.24) is 19.9 Å². The molecule has 0 radical (unpaired) electrons. The maximum atomic E-state index is 12.5. The molecule has 1 saturated heterocycles. The molecule has 1 amide bonds. The second kappa shape index (κ2) is 9.67. The van der Waals surface area contributed by atoms with Crippen LogP contribution in [0, 0.1) is 18.3 Å². The summed E-state index contributed by atoms with van der Waals surface area (Å²) in [5.74, 6) is 1.20. The largest absolute Gasteiger partial charge is 0.384 e. The van der Waals surface area contributed by atoms with Crippen molar-refractivity contribution in [3.63, 3.8) is 0 Å². The summed E-state index contributed by atoms with van der Waals surface area (Å²) in [7, 11) is 1.60. The van der Waals surface area contributed by atoms with Crippen molar-refractivity contribution in [1.29, 1.82) is 5.26 Å². The Hall–Kier alpha value is -3.31. The summed E-state index contributed by atoms with van der Waals surface area (Å²) in [6.45, 7) is 10.1. The van der Waals surface area contributed by atoms with Crippen LogP contribution in [0.1, 0.15) is 54.6 Å². The van der Waals surface area contributed by atoms with Crippen molar-refractivity contribution in [2.24, 2.45) is 0 Å². The number of rotatable bonds is 7. The van der Waals surface area contributed by atoms with Gasteiger partial charge in [0.05, 0.1) is 35.7 Å². The number of ether oxygens (including phenoxy) is 1. The van der Waals surface area contributed by atoms with Gasteiger partial charge in [0.2, 0.25) is 5.91 Å². The van der Waals surface area contributed by atoms with Gasteiger partial charge >= 0.3 is 0 Å². The Morgan fingerprint density at radius 2 is 2.15 bits per heavy atom. The Morgan fingerprint density at radius 1 is 1.36 bits per heavy atom. The lowest BCUT2D eigenvalue weighted by atomic mass is 9.96. The van der Waals surface area contributed by atoms with Gasteiger partial charge in [0, 0.05) is 44.3 Å². The van der Waals surface area contributed by atoms with Gasteiger partial charge in [0.25, 0.3) is 0 Å². The normalized spacial score (nSPS) is 18.2. The van der Waals surface area contributed by atoms with Crippen LogP contribution in [0.5, 0.6) is 0 Å². The van der Waals surface area contributed by atoms with E-state index in [0.717, 1.165) is 46.9 Å². The van der Waals surface area contributed by atoms with Crippen molar-refractivity contribution in [3.05, 3.63) is 41.5 Å². The first-order chi connectivity index (χ1) is 16.0. The third-order valence-electron chi connectivity index (χ3n) is 6.45. The van der Waals surface area contributed by atoms with E-state index in [4.69, 9.17) is 9.72 Å². The Balaban J connectivity index is 1.70. The minimum atomic E-state index is 0.0258. The number of piperazine rings is 1. The SMILES string of the molecule is C=Cc1cc(-c2c(C3CC3)nc(N3CCN(C(=O)CCOC)C(C)C3)c(C#N)c2C)ncn1. The van der Waals surface area contributed by atoms with E-state index in [2.05, 4.69) is 27.5 Å². The van der Waals surface area contributed by atoms with Crippen LogP contribution in [0.25, 0.3) is 17.3 Å². The third-order valence-corrected chi connectivity index (χ3v) is 6.45. The minimum absolute atomic E-state index is 0.0258. The lowest BCUT2D eigenvalue weighted by Crippen LogP contribution is -2.54. The number of nitriles is 1. The number of pyridine rings is 1. The maximum Gasteiger partial charge on any atom is 0.225 e. The molecule has 0 spiro atoms. The van der Waals surface area contributed by atoms with Gasteiger partial charge in [-0.15, -0.1) is 0 Å². The number of carbonyl (C=O) groups is 1. The average molecular weight is 447 g/mol. The molecule has 2 aromatic rings. The van der Waals surface area contributed by atoms with Crippen LogP contribution in [-0.4, -0.2) is 65.2 Å². The number of aromatic nitrogens is 3. The summed E-state index contributed by atoms with van der Waals surface area (Å²) in [5, 5.41) is 10.1. The van der Waals surface area contributed by atoms with E-state index in [9.17, 15) is 10.1 Å². The van der Waals surface area contributed by atoms with Crippen LogP contribution < -0.4 is 4.90 Å². The number of methoxy groups -OCH3 is 1. The van der Waals surface area contributed by atoms with E-state index < -0.39 is 0 Å². The van der Waals surface area contributed by atoms with Crippen molar-refractivity contribution < 1.29 is 9.53 Å². The lowest BCUT2D eigenvalue weighted by molar-refractivity contribution is -0.134. The summed E-state index contributed by atoms with van der Waals surface area (Å²) in [6, 6.07) is 4.32. The molecule has 3 heterocycles. The highest BCUT2D eigenvalue weighted by atomic mass is 16.5. The molecule has 1 aliphatic heterocycles. The quantitative estimate of drug-likeness (QED) is 0.644. The molecule has 1 aliphatic carbocycles. The molecule has 0 N–H and O–H groups in total. The van der Waals surface area contributed by atoms with Crippen molar-refractivity contribution >= 4 is 17.8 Å². The molecular weight excluding hydrogens is 416 g/mol. The maximum absolute atomic E-state index is 12.5. The lowest BCUT2D eigenvalue weighted by Gasteiger charge is -2.41. The molecule has 0 bridgehead atoms. The topological polar surface area (TPSA) is 95.2 Å². The van der Waals surface area contributed by atoms with Gasteiger partial charge in [0.15, 0.2) is 0 Å². The number of hydrogen-bond donors (Lipinski definition) is 0. The molecule has 1 unspecified atom stereocenters. The summed E-state index contributed by atoms with van der Waals surface area (Å²) in [5.41, 5.74) is 4.92. The van der Waals surface area contributed by atoms with Crippen LogP contribution in [0.2, 0.25) is 0 Å². The highest BCUT2D eigenvalue weighted by Gasteiger charge is 2.34. The van der Waals surface area contributed by atoms with E-state index in [1.54, 1.807) is 13.2 Å². The first kappa shape index (κ1) is 22.9. The molecule has 1 atom stereocenters. The van der Waals surface area contributed by atoms with Crippen LogP contribution in [0.15, 0.2) is 19.0 Å². The van der Waals surface area contributed by atoms with Gasteiger partial charge in [-0.2, -0.15) is 5.26 Å². The molecule has 2 aliphatic rings. The zero-order valence-corrected chi connectivity index (χ0v) is 19.5. The first-order valence-electron chi connectivity index (χ1n) is 11.4. The third kappa shape index (κ3) is 4.60. The van der Waals surface area contributed by atoms with Crippen LogP contribution in [0.3, 0.4) is 0 Å². The predicted octanol–water partition coefficient (Wildman–Crippen LogP) is 3.31. The molecule has 8 heteroatoms. The Labute approximate surface area is 194 Å². The fourth-order valence-corrected chi connectivity index (χ4v) is 4.52. The Kier molecular flexibility index (Phi) is 6.70. The highest BCUT2D eigenvalue weighted by Crippen LogP contribution is 2.46. The van der Waals surface area contributed by atoms with Crippen molar-refractivity contribution in [2.45, 2.75) is 45.1 Å². The summed E-state index contributed by atoms with van der Waals surface area (Å²) in [4.78, 5) is 30.4. The van der Waals surface area contributed by atoms with E-state index in [-0.39, 0.29) is 11.9 Å². The fourth-order valence-electron chi connectivity index (χ4n) is 4.52. The average Bonchev–Trinajstić information content (AvgIpc) is 3.67. The van der Waals surface area contributed by atoms with Crippen LogP contribution >= 0.6 is 0 Å². The van der Waals surface area contributed by atoms with E-state index >= 15 is 0 Å². The van der Waals surface area contributed by atoms with Crippen LogP contribution in [0.4, 0.5) is 5.82 Å². The monoisotopic (exact) mass is 446 g/mol. The second-order valence-corrected chi connectivity index (χ2v) is 8.74. The molecule has 1 saturated carbocycles. The van der Waals surface area contributed by atoms with E-state index in [1.807, 2.05) is 24.8 Å². The first-order valence-corrected chi connectivity index (χ1v) is 11.4. The standard InChI is InChI=1S/C25H30N6O2/c1-5-19-12-21(28-15-27-19)23-17(3)20(13-26)25(29-24(23)18-6-7-18)30-9-10-31(16(2)14-30)22(32)8-11-33-4/h5,12,15-16,18H,1,6-11,14H2,2-4H3. The number of anilines is 1. The summed E-state index contributed by atoms with van der Waals surface area (Å²) in [6.07, 6.45) is 5.78. The molecular formula is C25H30N6O2. The van der Waals surface area contributed by atoms with Crippen molar-refractivity contribution in [2.75, 3.05) is 38.3 Å². The Bertz CT molecular complexity index is 1100. The molecule has 2 fully saturated rings. The van der Waals surface area contributed by atoms with Gasteiger partial charge in [-0.1, -0.05) is 6.58 Å². The zero-order chi connectivity index (χ0) is 23.5. The molecule has 172 valence electrons. The molecule has 2 aromatic heterocycles. The molecule has 8 nitrogen and oxygen atoms in total. The van der Waals surface area contributed by atoms with E-state index in [1.165, 1.54) is 6.33 Å². The number of amides is 1. The van der Waals surface area contributed by atoms with Gasteiger partial charge < -0.3 is 14.5 Å². The Morgan fingerprint density at radius 3 is 2.79 bits per heavy atom. The minimum Gasteiger partial charge on any atom is -0.384 e. The molecule has 0 aromatic carbocycles. The summed E-state index contributed by atoms with van der Waals surface area (Å²) < 4.78 is 5.06. The number of hydrogen-bond acceptors (Lipinski definition) is 7.